The van der Waals surface area contributed by atoms with Crippen LogP contribution in [0.5, 0.6) is 0 Å². The van der Waals surface area contributed by atoms with Crippen molar-refractivity contribution >= 4 is 17.3 Å². The van der Waals surface area contributed by atoms with Gasteiger partial charge in [-0.2, -0.15) is 4.98 Å². The van der Waals surface area contributed by atoms with Gasteiger partial charge in [-0.25, -0.2) is 0 Å². The molecule has 9 nitrogen and oxygen atoms in total. The first-order valence-corrected chi connectivity index (χ1v) is 7.53. The van der Waals surface area contributed by atoms with Crippen molar-refractivity contribution in [1.29, 1.82) is 0 Å². The molecule has 9 heteroatoms. The number of amides is 1. The lowest BCUT2D eigenvalue weighted by molar-refractivity contribution is -0.384. The molecule has 0 spiro atoms. The minimum atomic E-state index is -0.499. The number of nitrogens with one attached hydrogen (secondary N) is 1. The average Bonchev–Trinajstić information content (AvgIpc) is 3.27. The molecule has 0 aliphatic heterocycles. The monoisotopic (exact) mass is 331 g/mol. The van der Waals surface area contributed by atoms with Crippen LogP contribution in [-0.4, -0.2) is 34.1 Å². The number of aryl methyl sites for hydroxylation is 1. The summed E-state index contributed by atoms with van der Waals surface area (Å²) in [6.07, 6.45) is 1.91. The minimum Gasteiger partial charge on any atom is -0.361 e. The maximum absolute atomic E-state index is 12.1. The zero-order chi connectivity index (χ0) is 17.3. The van der Waals surface area contributed by atoms with Crippen molar-refractivity contribution in [3.8, 4) is 0 Å². The molecule has 2 aromatic rings. The minimum absolute atomic E-state index is 0.138. The van der Waals surface area contributed by atoms with Gasteiger partial charge in [0.1, 0.15) is 5.69 Å². The van der Waals surface area contributed by atoms with Gasteiger partial charge in [0.25, 0.3) is 11.6 Å². The zero-order valence-corrected chi connectivity index (χ0v) is 13.4. The van der Waals surface area contributed by atoms with Gasteiger partial charge in [0.05, 0.1) is 11.5 Å². The molecular weight excluding hydrogens is 314 g/mol. The SMILES string of the molecule is Cc1nc(CN(C)c2ccc(C(=O)NC3CC3)cc2[N+](=O)[O-])no1. The highest BCUT2D eigenvalue weighted by Gasteiger charge is 2.26. The van der Waals surface area contributed by atoms with E-state index in [4.69, 9.17) is 4.52 Å². The van der Waals surface area contributed by atoms with Gasteiger partial charge in [-0.3, -0.25) is 14.9 Å². The third kappa shape index (κ3) is 3.50. The van der Waals surface area contributed by atoms with Crippen LogP contribution in [0.25, 0.3) is 0 Å². The molecule has 0 radical (unpaired) electrons. The van der Waals surface area contributed by atoms with Gasteiger partial charge >= 0.3 is 0 Å². The van der Waals surface area contributed by atoms with E-state index in [1.54, 1.807) is 31.0 Å². The molecule has 24 heavy (non-hydrogen) atoms. The molecule has 1 aliphatic carbocycles. The summed E-state index contributed by atoms with van der Waals surface area (Å²) in [7, 11) is 1.69. The number of hydrogen-bond donors (Lipinski definition) is 1. The van der Waals surface area contributed by atoms with Gasteiger partial charge in [0.2, 0.25) is 5.89 Å². The first-order chi connectivity index (χ1) is 11.4. The van der Waals surface area contributed by atoms with Gasteiger partial charge in [-0.05, 0) is 25.0 Å². The van der Waals surface area contributed by atoms with Crippen molar-refractivity contribution in [2.75, 3.05) is 11.9 Å². The van der Waals surface area contributed by atoms with Gasteiger partial charge in [-0.15, -0.1) is 0 Å². The number of hydrogen-bond acceptors (Lipinski definition) is 7. The van der Waals surface area contributed by atoms with Crippen molar-refractivity contribution < 1.29 is 14.2 Å². The van der Waals surface area contributed by atoms with Crippen LogP contribution >= 0.6 is 0 Å². The molecule has 3 rings (SSSR count). The van der Waals surface area contributed by atoms with E-state index < -0.39 is 4.92 Å². The summed E-state index contributed by atoms with van der Waals surface area (Å²) in [6, 6.07) is 4.64. The second-order valence-corrected chi connectivity index (χ2v) is 5.79. The summed E-state index contributed by atoms with van der Waals surface area (Å²) in [6.45, 7) is 1.93. The van der Waals surface area contributed by atoms with Crippen LogP contribution in [0.4, 0.5) is 11.4 Å². The lowest BCUT2D eigenvalue weighted by atomic mass is 10.1. The number of benzene rings is 1. The number of rotatable bonds is 6. The van der Waals surface area contributed by atoms with Crippen LogP contribution in [0.15, 0.2) is 22.7 Å². The van der Waals surface area contributed by atoms with E-state index in [9.17, 15) is 14.9 Å². The normalized spacial score (nSPS) is 13.6. The van der Waals surface area contributed by atoms with E-state index in [0.29, 0.717) is 17.4 Å². The average molecular weight is 331 g/mol. The molecule has 1 amide bonds. The first-order valence-electron chi connectivity index (χ1n) is 7.53. The Hall–Kier alpha value is -2.97. The molecule has 0 atom stereocenters. The number of aromatic nitrogens is 2. The number of carbonyl (C=O) groups excluding carboxylic acids is 1. The summed E-state index contributed by atoms with van der Waals surface area (Å²) in [5, 5.41) is 18.0. The molecule has 1 fully saturated rings. The molecule has 1 aliphatic rings. The molecule has 0 unspecified atom stereocenters. The summed E-state index contributed by atoms with van der Waals surface area (Å²) >= 11 is 0. The number of nitro groups is 1. The molecule has 1 N–H and O–H groups in total. The quantitative estimate of drug-likeness (QED) is 0.634. The number of nitrogens with zero attached hydrogens (tertiary/aromatic N) is 4. The molecule has 1 aromatic carbocycles. The molecular formula is C15H17N5O4. The number of carbonyl (C=O) groups is 1. The highest BCUT2D eigenvalue weighted by Crippen LogP contribution is 2.29. The standard InChI is InChI=1S/C15H17N5O4/c1-9-16-14(18-24-9)8-19(2)12-6-3-10(7-13(12)20(22)23)15(21)17-11-4-5-11/h3,6-7,11H,4-5,8H2,1-2H3,(H,17,21). The van der Waals surface area contributed by atoms with Crippen molar-refractivity contribution in [3.63, 3.8) is 0 Å². The Kier molecular flexibility index (Phi) is 4.15. The summed E-state index contributed by atoms with van der Waals surface area (Å²) < 4.78 is 4.90. The van der Waals surface area contributed by atoms with Gasteiger partial charge in [0, 0.05) is 31.6 Å². The largest absolute Gasteiger partial charge is 0.361 e. The second-order valence-electron chi connectivity index (χ2n) is 5.79. The van der Waals surface area contributed by atoms with E-state index in [0.717, 1.165) is 12.8 Å². The first kappa shape index (κ1) is 15.9. The van der Waals surface area contributed by atoms with Crippen molar-refractivity contribution in [1.82, 2.24) is 15.5 Å². The van der Waals surface area contributed by atoms with Gasteiger partial charge in [-0.1, -0.05) is 5.16 Å². The smallest absolute Gasteiger partial charge is 0.293 e. The lowest BCUT2D eigenvalue weighted by Gasteiger charge is -2.17. The molecule has 0 saturated heterocycles. The Morgan fingerprint density at radius 2 is 2.25 bits per heavy atom. The van der Waals surface area contributed by atoms with E-state index in [2.05, 4.69) is 15.5 Å². The van der Waals surface area contributed by atoms with Crippen LogP contribution in [0, 0.1) is 17.0 Å². The van der Waals surface area contributed by atoms with Crippen LogP contribution in [-0.2, 0) is 6.54 Å². The van der Waals surface area contributed by atoms with Crippen LogP contribution in [0.2, 0.25) is 0 Å². The van der Waals surface area contributed by atoms with Crippen LogP contribution in [0.1, 0.15) is 34.9 Å². The third-order valence-corrected chi connectivity index (χ3v) is 3.71. The Bertz CT molecular complexity index is 784. The van der Waals surface area contributed by atoms with Crippen molar-refractivity contribution in [3.05, 3.63) is 45.6 Å². The van der Waals surface area contributed by atoms with Crippen molar-refractivity contribution in [2.45, 2.75) is 32.4 Å². The molecule has 1 heterocycles. The van der Waals surface area contributed by atoms with E-state index >= 15 is 0 Å². The lowest BCUT2D eigenvalue weighted by Crippen LogP contribution is -2.25. The summed E-state index contributed by atoms with van der Waals surface area (Å²) in [5.74, 6) is 0.573. The summed E-state index contributed by atoms with van der Waals surface area (Å²) in [5.41, 5.74) is 0.521. The fraction of sp³-hybridized carbons (Fsp3) is 0.400. The Morgan fingerprint density at radius 3 is 2.83 bits per heavy atom. The predicted molar refractivity (Wildman–Crippen MR) is 84.7 cm³/mol. The van der Waals surface area contributed by atoms with Gasteiger partial charge < -0.3 is 14.7 Å². The van der Waals surface area contributed by atoms with Gasteiger partial charge in [0.15, 0.2) is 5.82 Å². The van der Waals surface area contributed by atoms with Crippen LogP contribution < -0.4 is 10.2 Å². The second kappa shape index (κ2) is 6.26. The molecule has 1 saturated carbocycles. The Morgan fingerprint density at radius 1 is 1.50 bits per heavy atom. The van der Waals surface area contributed by atoms with E-state index in [-0.39, 0.29) is 29.7 Å². The molecule has 1 aromatic heterocycles. The third-order valence-electron chi connectivity index (χ3n) is 3.71. The fourth-order valence-electron chi connectivity index (χ4n) is 2.33. The molecule has 0 bridgehead atoms. The van der Waals surface area contributed by atoms with Crippen LogP contribution in [0.3, 0.4) is 0 Å². The highest BCUT2D eigenvalue weighted by molar-refractivity contribution is 5.96. The molecule has 126 valence electrons. The Labute approximate surface area is 137 Å². The van der Waals surface area contributed by atoms with E-state index in [1.165, 1.54) is 6.07 Å². The zero-order valence-electron chi connectivity index (χ0n) is 13.4. The predicted octanol–water partition coefficient (Wildman–Crippen LogP) is 1.81. The van der Waals surface area contributed by atoms with Crippen molar-refractivity contribution in [2.24, 2.45) is 0 Å². The maximum Gasteiger partial charge on any atom is 0.293 e. The number of anilines is 1. The summed E-state index contributed by atoms with van der Waals surface area (Å²) in [4.78, 5) is 28.7. The topological polar surface area (TPSA) is 114 Å². The fourth-order valence-corrected chi connectivity index (χ4v) is 2.33. The highest BCUT2D eigenvalue weighted by atomic mass is 16.6. The maximum atomic E-state index is 12.1. The number of nitro benzene ring substituents is 1. The van der Waals surface area contributed by atoms with E-state index in [1.807, 2.05) is 0 Å². The Balaban J connectivity index is 1.83.